The van der Waals surface area contributed by atoms with Crippen LogP contribution in [0, 0.1) is 5.82 Å². The lowest BCUT2D eigenvalue weighted by Crippen LogP contribution is -1.92. The summed E-state index contributed by atoms with van der Waals surface area (Å²) >= 11 is 6.29. The molecule has 0 saturated heterocycles. The van der Waals surface area contributed by atoms with Gasteiger partial charge in [-0.05, 0) is 23.8 Å². The van der Waals surface area contributed by atoms with Gasteiger partial charge in [-0.25, -0.2) is 4.39 Å². The zero-order valence-corrected chi connectivity index (χ0v) is 11.1. The van der Waals surface area contributed by atoms with Crippen molar-refractivity contribution in [3.63, 3.8) is 0 Å². The minimum atomic E-state index is -0.522. The number of aromatic nitrogens is 2. The first-order chi connectivity index (χ1) is 9.74. The Morgan fingerprint density at radius 2 is 1.80 bits per heavy atom. The van der Waals surface area contributed by atoms with Gasteiger partial charge in [0.25, 0.3) is 0 Å². The van der Waals surface area contributed by atoms with Gasteiger partial charge in [0.05, 0.1) is 0 Å². The summed E-state index contributed by atoms with van der Waals surface area (Å²) in [5.74, 6) is 0.186. The average molecular weight is 289 g/mol. The van der Waals surface area contributed by atoms with E-state index in [1.165, 1.54) is 12.1 Å². The van der Waals surface area contributed by atoms with Crippen molar-refractivity contribution in [1.82, 2.24) is 10.2 Å². The van der Waals surface area contributed by atoms with Gasteiger partial charge in [0, 0.05) is 5.56 Å². The molecular formula is C15H10ClFN2O. The fourth-order valence-corrected chi connectivity index (χ4v) is 2.07. The Morgan fingerprint density at radius 1 is 1.00 bits per heavy atom. The van der Waals surface area contributed by atoms with Crippen LogP contribution in [0.5, 0.6) is 0 Å². The molecule has 3 aromatic rings. The highest BCUT2D eigenvalue weighted by Gasteiger charge is 2.18. The van der Waals surface area contributed by atoms with Crippen LogP contribution in [-0.2, 0) is 0 Å². The highest BCUT2D eigenvalue weighted by atomic mass is 35.5. The van der Waals surface area contributed by atoms with Crippen LogP contribution in [0.25, 0.3) is 11.5 Å². The summed E-state index contributed by atoms with van der Waals surface area (Å²) in [6.07, 6.45) is 0. The van der Waals surface area contributed by atoms with E-state index in [1.54, 1.807) is 12.1 Å². The molecule has 2 aromatic carbocycles. The van der Waals surface area contributed by atoms with Gasteiger partial charge < -0.3 is 4.42 Å². The molecule has 0 aliphatic rings. The summed E-state index contributed by atoms with van der Waals surface area (Å²) in [6.45, 7) is 0. The molecule has 1 aromatic heterocycles. The molecule has 5 heteroatoms. The summed E-state index contributed by atoms with van der Waals surface area (Å²) in [4.78, 5) is 0. The predicted molar refractivity (Wildman–Crippen MR) is 73.8 cm³/mol. The molecule has 0 fully saturated rings. The molecule has 3 nitrogen and oxygen atoms in total. The maximum Gasteiger partial charge on any atom is 0.247 e. The lowest BCUT2D eigenvalue weighted by atomic mass is 10.1. The van der Waals surface area contributed by atoms with E-state index in [4.69, 9.17) is 16.0 Å². The maximum absolute atomic E-state index is 13.2. The van der Waals surface area contributed by atoms with E-state index < -0.39 is 5.38 Å². The average Bonchev–Trinajstić information content (AvgIpc) is 2.97. The largest absolute Gasteiger partial charge is 0.419 e. The van der Waals surface area contributed by atoms with E-state index >= 15 is 0 Å². The zero-order valence-electron chi connectivity index (χ0n) is 10.3. The molecule has 0 N–H and O–H groups in total. The van der Waals surface area contributed by atoms with Gasteiger partial charge in [-0.1, -0.05) is 36.4 Å². The Balaban J connectivity index is 1.91. The van der Waals surface area contributed by atoms with Crippen molar-refractivity contribution in [2.24, 2.45) is 0 Å². The molecule has 0 saturated carbocycles. The normalized spacial score (nSPS) is 12.3. The lowest BCUT2D eigenvalue weighted by Gasteiger charge is -2.03. The summed E-state index contributed by atoms with van der Waals surface area (Å²) < 4.78 is 18.7. The first kappa shape index (κ1) is 12.8. The topological polar surface area (TPSA) is 38.9 Å². The molecule has 1 heterocycles. The Kier molecular flexibility index (Phi) is 3.48. The minimum Gasteiger partial charge on any atom is -0.419 e. The van der Waals surface area contributed by atoms with E-state index in [-0.39, 0.29) is 17.6 Å². The molecule has 100 valence electrons. The van der Waals surface area contributed by atoms with Gasteiger partial charge in [0.1, 0.15) is 11.2 Å². The standard InChI is InChI=1S/C15H10ClFN2O/c16-13(10-5-2-1-3-6-10)15-19-18-14(20-15)11-7-4-8-12(17)9-11/h1-9,13H. The van der Waals surface area contributed by atoms with Crippen molar-refractivity contribution in [1.29, 1.82) is 0 Å². The van der Waals surface area contributed by atoms with Crippen molar-refractivity contribution in [2.75, 3.05) is 0 Å². The number of hydrogen-bond donors (Lipinski definition) is 0. The quantitative estimate of drug-likeness (QED) is 0.678. The van der Waals surface area contributed by atoms with Crippen molar-refractivity contribution >= 4 is 11.6 Å². The van der Waals surface area contributed by atoms with E-state index in [2.05, 4.69) is 10.2 Å². The van der Waals surface area contributed by atoms with E-state index in [0.717, 1.165) is 5.56 Å². The molecule has 20 heavy (non-hydrogen) atoms. The molecule has 1 atom stereocenters. The second kappa shape index (κ2) is 5.43. The number of nitrogens with zero attached hydrogens (tertiary/aromatic N) is 2. The maximum atomic E-state index is 13.2. The molecule has 0 radical (unpaired) electrons. The van der Waals surface area contributed by atoms with Crippen molar-refractivity contribution in [2.45, 2.75) is 5.38 Å². The van der Waals surface area contributed by atoms with Crippen LogP contribution < -0.4 is 0 Å². The Hall–Kier alpha value is -2.20. The molecular weight excluding hydrogens is 279 g/mol. The molecule has 0 aliphatic heterocycles. The third-order valence-corrected chi connectivity index (χ3v) is 3.26. The summed E-state index contributed by atoms with van der Waals surface area (Å²) in [7, 11) is 0. The lowest BCUT2D eigenvalue weighted by molar-refractivity contribution is 0.512. The van der Waals surface area contributed by atoms with Crippen LogP contribution in [0.4, 0.5) is 4.39 Å². The Bertz CT molecular complexity index is 715. The van der Waals surface area contributed by atoms with E-state index in [9.17, 15) is 4.39 Å². The highest BCUT2D eigenvalue weighted by molar-refractivity contribution is 6.22. The SMILES string of the molecule is Fc1cccc(-c2nnc(C(Cl)c3ccccc3)o2)c1. The summed E-state index contributed by atoms with van der Waals surface area (Å²) in [5.41, 5.74) is 1.39. The summed E-state index contributed by atoms with van der Waals surface area (Å²) in [6, 6.07) is 15.4. The molecule has 0 aliphatic carbocycles. The molecule has 0 spiro atoms. The molecule has 3 rings (SSSR count). The Morgan fingerprint density at radius 3 is 2.55 bits per heavy atom. The zero-order chi connectivity index (χ0) is 13.9. The first-order valence-electron chi connectivity index (χ1n) is 6.02. The van der Waals surface area contributed by atoms with Crippen LogP contribution in [-0.4, -0.2) is 10.2 Å². The van der Waals surface area contributed by atoms with Gasteiger partial charge in [-0.15, -0.1) is 21.8 Å². The number of rotatable bonds is 3. The van der Waals surface area contributed by atoms with Crippen LogP contribution >= 0.6 is 11.6 Å². The molecule has 0 amide bonds. The van der Waals surface area contributed by atoms with Gasteiger partial charge in [0.15, 0.2) is 0 Å². The fraction of sp³-hybridized carbons (Fsp3) is 0.0667. The van der Waals surface area contributed by atoms with Crippen LogP contribution in [0.1, 0.15) is 16.8 Å². The summed E-state index contributed by atoms with van der Waals surface area (Å²) in [5, 5.41) is 7.31. The van der Waals surface area contributed by atoms with E-state index in [1.807, 2.05) is 30.3 Å². The number of alkyl halides is 1. The smallest absolute Gasteiger partial charge is 0.247 e. The Labute approximate surface area is 120 Å². The number of halogens is 2. The van der Waals surface area contributed by atoms with Gasteiger partial charge in [0.2, 0.25) is 11.8 Å². The monoisotopic (exact) mass is 288 g/mol. The molecule has 0 bridgehead atoms. The highest BCUT2D eigenvalue weighted by Crippen LogP contribution is 2.29. The van der Waals surface area contributed by atoms with E-state index in [0.29, 0.717) is 5.56 Å². The van der Waals surface area contributed by atoms with Gasteiger partial charge >= 0.3 is 0 Å². The van der Waals surface area contributed by atoms with Crippen molar-refractivity contribution < 1.29 is 8.81 Å². The number of hydrogen-bond acceptors (Lipinski definition) is 3. The van der Waals surface area contributed by atoms with Crippen LogP contribution in [0.2, 0.25) is 0 Å². The van der Waals surface area contributed by atoms with Gasteiger partial charge in [-0.3, -0.25) is 0 Å². The van der Waals surface area contributed by atoms with Crippen LogP contribution in [0.15, 0.2) is 59.0 Å². The van der Waals surface area contributed by atoms with Crippen LogP contribution in [0.3, 0.4) is 0 Å². The third kappa shape index (κ3) is 2.56. The second-order valence-corrected chi connectivity index (χ2v) is 4.67. The number of benzene rings is 2. The first-order valence-corrected chi connectivity index (χ1v) is 6.46. The minimum absolute atomic E-state index is 0.251. The fourth-order valence-electron chi connectivity index (χ4n) is 1.84. The molecule has 1 unspecified atom stereocenters. The van der Waals surface area contributed by atoms with Crippen molar-refractivity contribution in [3.8, 4) is 11.5 Å². The second-order valence-electron chi connectivity index (χ2n) is 4.23. The van der Waals surface area contributed by atoms with Crippen molar-refractivity contribution in [3.05, 3.63) is 71.9 Å². The van der Waals surface area contributed by atoms with Gasteiger partial charge in [-0.2, -0.15) is 0 Å². The third-order valence-electron chi connectivity index (χ3n) is 2.82. The predicted octanol–water partition coefficient (Wildman–Crippen LogP) is 4.20.